The van der Waals surface area contributed by atoms with Crippen molar-refractivity contribution in [2.75, 3.05) is 26.0 Å². The van der Waals surface area contributed by atoms with Crippen molar-refractivity contribution in [1.29, 1.82) is 5.26 Å². The van der Waals surface area contributed by atoms with Gasteiger partial charge in [-0.1, -0.05) is 0 Å². The molecule has 0 spiro atoms. The Hall–Kier alpha value is -0.890. The zero-order valence-corrected chi connectivity index (χ0v) is 9.66. The second-order valence-electron chi connectivity index (χ2n) is 2.42. The first-order valence-corrected chi connectivity index (χ1v) is 6.21. The molecule has 6 nitrogen and oxygen atoms in total. The molecule has 0 amide bonds. The maximum absolute atomic E-state index is 11.8. The van der Waals surface area contributed by atoms with Crippen molar-refractivity contribution in [1.82, 2.24) is 0 Å². The predicted octanol–water partition coefficient (Wildman–Crippen LogP) is 1.32. The van der Waals surface area contributed by atoms with Crippen LogP contribution in [0.3, 0.4) is 0 Å². The van der Waals surface area contributed by atoms with Gasteiger partial charge in [-0.2, -0.15) is 5.26 Å². The van der Waals surface area contributed by atoms with Crippen LogP contribution in [0.4, 0.5) is 0 Å². The average Bonchev–Trinajstić information content (AvgIpc) is 2.15. The van der Waals surface area contributed by atoms with E-state index in [0.717, 1.165) is 0 Å². The van der Waals surface area contributed by atoms with Crippen molar-refractivity contribution in [3.05, 3.63) is 0 Å². The Kier molecular flexibility index (Phi) is 6.97. The smallest absolute Gasteiger partial charge is 0.341 e. The van der Waals surface area contributed by atoms with Crippen LogP contribution in [0.1, 0.15) is 13.8 Å². The van der Waals surface area contributed by atoms with Gasteiger partial charge in [0, 0.05) is 0 Å². The summed E-state index contributed by atoms with van der Waals surface area (Å²) in [6, 6.07) is 1.63. The van der Waals surface area contributed by atoms with Gasteiger partial charge in [0.2, 0.25) is 0 Å². The minimum Gasteiger partial charge on any atom is -0.450 e. The molecule has 0 aromatic carbocycles. The number of carbonyl (C=O) groups excluding carboxylic acids is 1. The molecule has 0 radical (unpaired) electrons. The molecule has 0 heterocycles. The van der Waals surface area contributed by atoms with E-state index in [1.165, 1.54) is 0 Å². The normalized spacial score (nSPS) is 10.7. The van der Waals surface area contributed by atoms with Crippen LogP contribution in [0, 0.1) is 11.3 Å². The molecular weight excluding hydrogens is 221 g/mol. The van der Waals surface area contributed by atoms with Gasteiger partial charge in [-0.15, -0.1) is 0 Å². The van der Waals surface area contributed by atoms with E-state index in [0.29, 0.717) is 0 Å². The fraction of sp³-hybridized carbons (Fsp3) is 0.750. The molecule has 0 aliphatic heterocycles. The molecule has 0 aliphatic carbocycles. The van der Waals surface area contributed by atoms with Gasteiger partial charge in [-0.25, -0.2) is 0 Å². The van der Waals surface area contributed by atoms with Gasteiger partial charge in [0.15, 0.2) is 6.61 Å². The Labute approximate surface area is 88.7 Å². The lowest BCUT2D eigenvalue weighted by Gasteiger charge is -2.15. The van der Waals surface area contributed by atoms with E-state index in [4.69, 9.17) is 14.3 Å². The molecule has 86 valence electrons. The van der Waals surface area contributed by atoms with Gasteiger partial charge in [-0.3, -0.25) is 9.36 Å². The number of hydrogen-bond acceptors (Lipinski definition) is 6. The summed E-state index contributed by atoms with van der Waals surface area (Å²) >= 11 is 0. The summed E-state index contributed by atoms with van der Waals surface area (Å²) in [4.78, 5) is 11.1. The molecule has 0 saturated heterocycles. The van der Waals surface area contributed by atoms with Crippen molar-refractivity contribution >= 4 is 13.6 Å². The molecule has 7 heteroatoms. The van der Waals surface area contributed by atoms with Crippen LogP contribution < -0.4 is 0 Å². The van der Waals surface area contributed by atoms with Crippen LogP contribution in [-0.4, -0.2) is 32.0 Å². The van der Waals surface area contributed by atoms with E-state index in [1.807, 2.05) is 0 Å². The van der Waals surface area contributed by atoms with Crippen molar-refractivity contribution in [2.24, 2.45) is 0 Å². The number of rotatable bonds is 7. The quantitative estimate of drug-likeness (QED) is 0.488. The highest BCUT2D eigenvalue weighted by Gasteiger charge is 2.28. The molecule has 0 aromatic heterocycles. The summed E-state index contributed by atoms with van der Waals surface area (Å²) in [7, 11) is -3.40. The number of nitriles is 1. The Morgan fingerprint density at radius 2 is 1.87 bits per heavy atom. The highest BCUT2D eigenvalue weighted by molar-refractivity contribution is 7.54. The zero-order valence-electron chi connectivity index (χ0n) is 8.76. The van der Waals surface area contributed by atoms with Gasteiger partial charge in [0.1, 0.15) is 12.2 Å². The fourth-order valence-corrected chi connectivity index (χ4v) is 2.29. The lowest BCUT2D eigenvalue weighted by Crippen LogP contribution is -2.13. The van der Waals surface area contributed by atoms with E-state index in [2.05, 4.69) is 4.74 Å². The highest BCUT2D eigenvalue weighted by atomic mass is 31.2. The lowest BCUT2D eigenvalue weighted by atomic mass is 10.7. The van der Waals surface area contributed by atoms with Crippen LogP contribution in [0.25, 0.3) is 0 Å². The SMILES string of the molecule is CCOP(=O)(CC(=O)OCC#N)OCC. The minimum absolute atomic E-state index is 0.183. The molecule has 0 N–H and O–H groups in total. The van der Waals surface area contributed by atoms with Crippen molar-refractivity contribution in [2.45, 2.75) is 13.8 Å². The van der Waals surface area contributed by atoms with Gasteiger partial charge >= 0.3 is 13.6 Å². The minimum atomic E-state index is -3.40. The van der Waals surface area contributed by atoms with E-state index in [-0.39, 0.29) is 19.8 Å². The first kappa shape index (κ1) is 14.1. The van der Waals surface area contributed by atoms with Gasteiger partial charge < -0.3 is 13.8 Å². The van der Waals surface area contributed by atoms with Crippen molar-refractivity contribution in [3.63, 3.8) is 0 Å². The largest absolute Gasteiger partial charge is 0.450 e. The molecule has 0 aromatic rings. The standard InChI is InChI=1S/C8H14NO5P/c1-3-13-15(11,14-4-2)7-8(10)12-6-5-9/h3-4,6-7H2,1-2H3. The second kappa shape index (κ2) is 7.41. The summed E-state index contributed by atoms with van der Waals surface area (Å²) in [6.45, 7) is 3.29. The first-order chi connectivity index (χ1) is 7.08. The monoisotopic (exact) mass is 235 g/mol. The number of nitrogens with zero attached hydrogens (tertiary/aromatic N) is 1. The van der Waals surface area contributed by atoms with E-state index in [9.17, 15) is 9.36 Å². The topological polar surface area (TPSA) is 85.6 Å². The number of hydrogen-bond donors (Lipinski definition) is 0. The Morgan fingerprint density at radius 1 is 1.33 bits per heavy atom. The summed E-state index contributed by atoms with van der Waals surface area (Å²) in [5.74, 6) is -0.762. The number of esters is 1. The molecule has 0 saturated carbocycles. The van der Waals surface area contributed by atoms with Gasteiger partial charge in [-0.05, 0) is 13.8 Å². The number of carbonyl (C=O) groups is 1. The third kappa shape index (κ3) is 6.24. The highest BCUT2D eigenvalue weighted by Crippen LogP contribution is 2.47. The van der Waals surface area contributed by atoms with Crippen LogP contribution in [0.2, 0.25) is 0 Å². The molecule has 0 unspecified atom stereocenters. The summed E-state index contributed by atoms with van der Waals surface area (Å²) < 4.78 is 25.9. The third-order valence-corrected chi connectivity index (χ3v) is 3.22. The summed E-state index contributed by atoms with van der Waals surface area (Å²) in [5.41, 5.74) is 0. The van der Waals surface area contributed by atoms with Crippen molar-refractivity contribution < 1.29 is 23.1 Å². The predicted molar refractivity (Wildman–Crippen MR) is 52.3 cm³/mol. The second-order valence-corrected chi connectivity index (χ2v) is 4.48. The van der Waals surface area contributed by atoms with Crippen LogP contribution in [0.15, 0.2) is 0 Å². The number of ether oxygens (including phenoxy) is 1. The van der Waals surface area contributed by atoms with E-state index < -0.39 is 19.7 Å². The lowest BCUT2D eigenvalue weighted by molar-refractivity contribution is -0.139. The molecule has 0 aliphatic rings. The molecular formula is C8H14NO5P. The maximum Gasteiger partial charge on any atom is 0.341 e. The van der Waals surface area contributed by atoms with Crippen LogP contribution in [0.5, 0.6) is 0 Å². The average molecular weight is 235 g/mol. The van der Waals surface area contributed by atoms with Crippen LogP contribution >= 0.6 is 7.60 Å². The summed E-state index contributed by atoms with van der Waals surface area (Å²) in [6.07, 6.45) is -0.462. The zero-order chi connectivity index (χ0) is 11.7. The molecule has 0 atom stereocenters. The molecule has 0 fully saturated rings. The molecule has 0 rings (SSSR count). The maximum atomic E-state index is 11.8. The third-order valence-electron chi connectivity index (χ3n) is 1.27. The van der Waals surface area contributed by atoms with Gasteiger partial charge in [0.25, 0.3) is 0 Å². The first-order valence-electron chi connectivity index (χ1n) is 4.48. The van der Waals surface area contributed by atoms with Crippen molar-refractivity contribution in [3.8, 4) is 6.07 Å². The van der Waals surface area contributed by atoms with Crippen LogP contribution in [-0.2, 0) is 23.1 Å². The Balaban J connectivity index is 4.22. The molecule has 0 bridgehead atoms. The summed E-state index contributed by atoms with van der Waals surface area (Å²) in [5, 5.41) is 8.16. The fourth-order valence-electron chi connectivity index (χ4n) is 0.838. The molecule has 15 heavy (non-hydrogen) atoms. The Morgan fingerprint density at radius 3 is 2.27 bits per heavy atom. The Bertz CT molecular complexity index is 275. The van der Waals surface area contributed by atoms with E-state index in [1.54, 1.807) is 19.9 Å². The van der Waals surface area contributed by atoms with E-state index >= 15 is 0 Å². The van der Waals surface area contributed by atoms with Gasteiger partial charge in [0.05, 0.1) is 13.2 Å².